The molecule has 0 aliphatic heterocycles. The maximum absolute atomic E-state index is 5.93. The summed E-state index contributed by atoms with van der Waals surface area (Å²) in [7, 11) is 0. The third kappa shape index (κ3) is 5.96. The number of hydrogen-bond donors (Lipinski definition) is 1. The van der Waals surface area contributed by atoms with Gasteiger partial charge in [0.05, 0.1) is 6.61 Å². The van der Waals surface area contributed by atoms with Gasteiger partial charge in [0.15, 0.2) is 0 Å². The van der Waals surface area contributed by atoms with Crippen LogP contribution in [-0.2, 0) is 0 Å². The van der Waals surface area contributed by atoms with Gasteiger partial charge in [-0.1, -0.05) is 32.9 Å². The van der Waals surface area contributed by atoms with E-state index in [0.717, 1.165) is 25.3 Å². The Hall–Kier alpha value is -1.02. The van der Waals surface area contributed by atoms with Crippen molar-refractivity contribution >= 4 is 0 Å². The molecule has 0 aliphatic rings. The molecule has 0 aromatic heterocycles. The predicted molar refractivity (Wildman–Crippen MR) is 87.8 cm³/mol. The largest absolute Gasteiger partial charge is 0.493 e. The Bertz CT molecular complexity index is 387. The monoisotopic (exact) mass is 277 g/mol. The van der Waals surface area contributed by atoms with Crippen LogP contribution < -0.4 is 10.1 Å². The van der Waals surface area contributed by atoms with Crippen molar-refractivity contribution in [3.05, 3.63) is 29.3 Å². The molecular formula is C18H31NO. The van der Waals surface area contributed by atoms with Crippen molar-refractivity contribution in [1.29, 1.82) is 0 Å². The zero-order valence-corrected chi connectivity index (χ0v) is 13.8. The summed E-state index contributed by atoms with van der Waals surface area (Å²) in [6, 6.07) is 7.18. The highest BCUT2D eigenvalue weighted by atomic mass is 16.5. The molecule has 2 heteroatoms. The van der Waals surface area contributed by atoms with Gasteiger partial charge in [0.25, 0.3) is 0 Å². The molecule has 0 fully saturated rings. The fourth-order valence-electron chi connectivity index (χ4n) is 2.03. The second-order valence-corrected chi connectivity index (χ2v) is 6.00. The van der Waals surface area contributed by atoms with Crippen LogP contribution in [0.1, 0.15) is 64.0 Å². The highest BCUT2D eigenvalue weighted by molar-refractivity contribution is 5.37. The Morgan fingerprint density at radius 2 is 1.90 bits per heavy atom. The number of hydrogen-bond acceptors (Lipinski definition) is 2. The molecule has 1 aromatic carbocycles. The van der Waals surface area contributed by atoms with Gasteiger partial charge in [-0.15, -0.1) is 0 Å². The summed E-state index contributed by atoms with van der Waals surface area (Å²) in [6.45, 7) is 12.9. The van der Waals surface area contributed by atoms with Gasteiger partial charge in [-0.3, -0.25) is 0 Å². The van der Waals surface area contributed by atoms with E-state index in [-0.39, 0.29) is 0 Å². The van der Waals surface area contributed by atoms with Gasteiger partial charge in [-0.25, -0.2) is 0 Å². The Kier molecular flexibility index (Phi) is 7.68. The van der Waals surface area contributed by atoms with E-state index >= 15 is 0 Å². The lowest BCUT2D eigenvalue weighted by molar-refractivity contribution is 0.302. The van der Waals surface area contributed by atoms with Gasteiger partial charge >= 0.3 is 0 Å². The number of ether oxygens (including phenoxy) is 1. The van der Waals surface area contributed by atoms with Crippen LogP contribution in [0.5, 0.6) is 5.75 Å². The van der Waals surface area contributed by atoms with E-state index in [1.54, 1.807) is 0 Å². The van der Waals surface area contributed by atoms with Crippen molar-refractivity contribution in [3.8, 4) is 5.75 Å². The number of benzene rings is 1. The summed E-state index contributed by atoms with van der Waals surface area (Å²) < 4.78 is 5.93. The van der Waals surface area contributed by atoms with Crippen LogP contribution in [0.3, 0.4) is 0 Å². The van der Waals surface area contributed by atoms with Crippen LogP contribution in [0, 0.1) is 6.92 Å². The summed E-state index contributed by atoms with van der Waals surface area (Å²) in [5.41, 5.74) is 2.58. The van der Waals surface area contributed by atoms with Gasteiger partial charge in [-0.2, -0.15) is 0 Å². The van der Waals surface area contributed by atoms with Crippen LogP contribution in [0.4, 0.5) is 0 Å². The Balaban J connectivity index is 2.29. The minimum atomic E-state index is 0.553. The summed E-state index contributed by atoms with van der Waals surface area (Å²) in [5.74, 6) is 1.60. The van der Waals surface area contributed by atoms with Crippen molar-refractivity contribution in [1.82, 2.24) is 5.32 Å². The molecule has 1 N–H and O–H groups in total. The Morgan fingerprint density at radius 1 is 1.15 bits per heavy atom. The first-order chi connectivity index (χ1) is 9.54. The van der Waals surface area contributed by atoms with Crippen molar-refractivity contribution in [2.24, 2.45) is 0 Å². The molecule has 0 bridgehead atoms. The Morgan fingerprint density at radius 3 is 2.55 bits per heavy atom. The first-order valence-electron chi connectivity index (χ1n) is 8.01. The van der Waals surface area contributed by atoms with E-state index in [2.05, 4.69) is 58.1 Å². The molecule has 1 aromatic rings. The van der Waals surface area contributed by atoms with E-state index in [1.807, 2.05) is 0 Å². The standard InChI is InChI=1S/C18H31NO/c1-6-16(5)19-11-7-8-12-20-18-13-17(14(2)3)10-9-15(18)4/h9-10,13-14,16,19H,6-8,11-12H2,1-5H3. The van der Waals surface area contributed by atoms with Crippen LogP contribution in [0.25, 0.3) is 0 Å². The first-order valence-corrected chi connectivity index (χ1v) is 8.01. The summed E-state index contributed by atoms with van der Waals surface area (Å²) in [5, 5.41) is 3.51. The zero-order chi connectivity index (χ0) is 15.0. The second kappa shape index (κ2) is 9.02. The van der Waals surface area contributed by atoms with Crippen molar-refractivity contribution < 1.29 is 4.74 Å². The smallest absolute Gasteiger partial charge is 0.122 e. The summed E-state index contributed by atoms with van der Waals surface area (Å²) in [6.07, 6.45) is 3.47. The summed E-state index contributed by atoms with van der Waals surface area (Å²) in [4.78, 5) is 0. The second-order valence-electron chi connectivity index (χ2n) is 6.00. The van der Waals surface area contributed by atoms with Crippen molar-refractivity contribution in [2.75, 3.05) is 13.2 Å². The molecule has 1 rings (SSSR count). The van der Waals surface area contributed by atoms with Gasteiger partial charge in [-0.05, 0) is 62.8 Å². The van der Waals surface area contributed by atoms with Crippen LogP contribution in [0.2, 0.25) is 0 Å². The SMILES string of the molecule is CCC(C)NCCCCOc1cc(C(C)C)ccc1C. The van der Waals surface area contributed by atoms with E-state index in [9.17, 15) is 0 Å². The normalized spacial score (nSPS) is 12.7. The van der Waals surface area contributed by atoms with Gasteiger partial charge < -0.3 is 10.1 Å². The maximum atomic E-state index is 5.93. The van der Waals surface area contributed by atoms with E-state index in [4.69, 9.17) is 4.74 Å². The average Bonchev–Trinajstić information content (AvgIpc) is 2.43. The summed E-state index contributed by atoms with van der Waals surface area (Å²) >= 11 is 0. The molecule has 0 spiro atoms. The van der Waals surface area contributed by atoms with Gasteiger partial charge in [0, 0.05) is 6.04 Å². The van der Waals surface area contributed by atoms with Crippen LogP contribution >= 0.6 is 0 Å². The molecule has 0 radical (unpaired) electrons. The lowest BCUT2D eigenvalue weighted by Crippen LogP contribution is -2.26. The van der Waals surface area contributed by atoms with Crippen molar-refractivity contribution in [2.45, 2.75) is 65.8 Å². The fourth-order valence-corrected chi connectivity index (χ4v) is 2.03. The number of nitrogens with one attached hydrogen (secondary N) is 1. The lowest BCUT2D eigenvalue weighted by atomic mass is 10.0. The highest BCUT2D eigenvalue weighted by Crippen LogP contribution is 2.24. The third-order valence-corrected chi connectivity index (χ3v) is 3.81. The zero-order valence-electron chi connectivity index (χ0n) is 13.8. The molecule has 114 valence electrons. The Labute approximate surface area is 124 Å². The molecule has 20 heavy (non-hydrogen) atoms. The van der Waals surface area contributed by atoms with Gasteiger partial charge in [0.1, 0.15) is 5.75 Å². The minimum Gasteiger partial charge on any atom is -0.493 e. The highest BCUT2D eigenvalue weighted by Gasteiger charge is 2.04. The molecule has 1 unspecified atom stereocenters. The maximum Gasteiger partial charge on any atom is 0.122 e. The molecule has 0 amide bonds. The molecule has 0 saturated carbocycles. The number of aryl methyl sites for hydroxylation is 1. The third-order valence-electron chi connectivity index (χ3n) is 3.81. The van der Waals surface area contributed by atoms with E-state index < -0.39 is 0 Å². The topological polar surface area (TPSA) is 21.3 Å². The quantitative estimate of drug-likeness (QED) is 0.663. The van der Waals surface area contributed by atoms with Crippen LogP contribution in [-0.4, -0.2) is 19.2 Å². The van der Waals surface area contributed by atoms with Crippen LogP contribution in [0.15, 0.2) is 18.2 Å². The fraction of sp³-hybridized carbons (Fsp3) is 0.667. The molecule has 0 heterocycles. The molecule has 2 nitrogen and oxygen atoms in total. The van der Waals surface area contributed by atoms with E-state index in [0.29, 0.717) is 12.0 Å². The molecule has 0 saturated heterocycles. The van der Waals surface area contributed by atoms with Crippen molar-refractivity contribution in [3.63, 3.8) is 0 Å². The lowest BCUT2D eigenvalue weighted by Gasteiger charge is -2.13. The molecule has 0 aliphatic carbocycles. The minimum absolute atomic E-state index is 0.553. The van der Waals surface area contributed by atoms with Gasteiger partial charge in [0.2, 0.25) is 0 Å². The number of unbranched alkanes of at least 4 members (excludes halogenated alkanes) is 1. The van der Waals surface area contributed by atoms with E-state index in [1.165, 1.54) is 24.0 Å². The molecule has 1 atom stereocenters. The molecular weight excluding hydrogens is 246 g/mol. The predicted octanol–water partition coefficient (Wildman–Crippen LogP) is 4.67. The number of rotatable bonds is 9. The average molecular weight is 277 g/mol. The first kappa shape index (κ1) is 17.0.